The van der Waals surface area contributed by atoms with Crippen molar-refractivity contribution in [3.63, 3.8) is 0 Å². The van der Waals surface area contributed by atoms with E-state index in [4.69, 9.17) is 15.9 Å². The Morgan fingerprint density at radius 3 is 1.14 bits per heavy atom. The van der Waals surface area contributed by atoms with Gasteiger partial charge in [0.05, 0.1) is 0 Å². The number of hydrogen-bond acceptors (Lipinski definition) is 2. The van der Waals surface area contributed by atoms with E-state index in [9.17, 15) is 0 Å². The van der Waals surface area contributed by atoms with Gasteiger partial charge in [-0.15, -0.1) is 0 Å². The monoisotopic (exact) mass is 193 g/mol. The van der Waals surface area contributed by atoms with E-state index >= 15 is 0 Å². The molecule has 0 amide bonds. The summed E-state index contributed by atoms with van der Waals surface area (Å²) < 4.78 is 31.9. The minimum atomic E-state index is -5.25. The molecule has 0 unspecified atom stereocenters. The normalized spacial score (nSPS) is 8.29. The van der Waals surface area contributed by atoms with E-state index in [1.807, 2.05) is 0 Å². The Hall–Kier alpha value is 1.58. The standard InChI is InChI=1S/2Cr.Na.2H2O.2O/h;;;2*1H2;;/q;+2;;;;;/p-2. The van der Waals surface area contributed by atoms with E-state index in [-0.39, 0.29) is 46.9 Å². The van der Waals surface area contributed by atoms with Gasteiger partial charge in [-0.05, 0) is 0 Å². The van der Waals surface area contributed by atoms with Crippen molar-refractivity contribution in [2.75, 3.05) is 0 Å². The van der Waals surface area contributed by atoms with Crippen LogP contribution in [0, 0.1) is 0 Å². The number of hydrogen-bond donors (Lipinski definition) is 2. The molecular weight excluding hydrogens is 191 g/mol. The fourth-order valence-corrected chi connectivity index (χ4v) is 0. The molecule has 0 aromatic carbocycles. The van der Waals surface area contributed by atoms with Crippen LogP contribution in [0.5, 0.6) is 0 Å². The van der Waals surface area contributed by atoms with Gasteiger partial charge in [-0.3, -0.25) is 0 Å². The molecule has 4 nitrogen and oxygen atoms in total. The Bertz CT molecular complexity index is 92.9. The average Bonchev–Trinajstić information content (AvgIpc) is 0.722. The van der Waals surface area contributed by atoms with E-state index in [2.05, 4.69) is 0 Å². The first-order valence-electron chi connectivity index (χ1n) is 0.698. The van der Waals surface area contributed by atoms with Gasteiger partial charge in [0.15, 0.2) is 0 Å². The van der Waals surface area contributed by atoms with Crippen LogP contribution < -0.4 is 0 Å². The summed E-state index contributed by atoms with van der Waals surface area (Å²) in [5.74, 6) is 0. The van der Waals surface area contributed by atoms with Crippen LogP contribution in [0.3, 0.4) is 0 Å². The van der Waals surface area contributed by atoms with Gasteiger partial charge in [-0.2, -0.15) is 0 Å². The van der Waals surface area contributed by atoms with Crippen molar-refractivity contribution < 1.29 is 46.9 Å². The van der Waals surface area contributed by atoms with Gasteiger partial charge in [0.2, 0.25) is 0 Å². The molecule has 0 aliphatic heterocycles. The van der Waals surface area contributed by atoms with Crippen LogP contribution in [0.15, 0.2) is 0 Å². The maximum atomic E-state index is 8.82. The Balaban J connectivity index is -0.0000000800. The van der Waals surface area contributed by atoms with Crippen LogP contribution in [0.2, 0.25) is 0 Å². The fraction of sp³-hybridized carbons (Fsp3) is 0. The van der Waals surface area contributed by atoms with E-state index in [0.29, 0.717) is 0 Å². The molecule has 0 atom stereocenters. The SMILES string of the molecule is [Cr].[Na].[O]=[Cr](=[O])([OH])[OH]. The van der Waals surface area contributed by atoms with Crippen LogP contribution >= 0.6 is 0 Å². The quantitative estimate of drug-likeness (QED) is 0.448. The number of rotatable bonds is 0. The zero-order valence-corrected chi connectivity index (χ0v) is 8.08. The van der Waals surface area contributed by atoms with Gasteiger partial charge in [0.25, 0.3) is 0 Å². The minimum absolute atomic E-state index is 0. The van der Waals surface area contributed by atoms with Crippen molar-refractivity contribution in [1.29, 1.82) is 0 Å². The zero-order valence-electron chi connectivity index (χ0n) is 3.53. The van der Waals surface area contributed by atoms with Crippen molar-refractivity contribution in [1.82, 2.24) is 0 Å². The Labute approximate surface area is 75.7 Å². The van der Waals surface area contributed by atoms with Gasteiger partial charge in [0.1, 0.15) is 0 Å². The van der Waals surface area contributed by atoms with Gasteiger partial charge < -0.3 is 0 Å². The van der Waals surface area contributed by atoms with Crippen molar-refractivity contribution in [2.24, 2.45) is 0 Å². The van der Waals surface area contributed by atoms with Crippen LogP contribution in [0.25, 0.3) is 0 Å². The summed E-state index contributed by atoms with van der Waals surface area (Å²) in [5, 5.41) is 0. The molecular formula is H2Cr2NaO4. The predicted molar refractivity (Wildman–Crippen MR) is 11.6 cm³/mol. The van der Waals surface area contributed by atoms with Crippen molar-refractivity contribution in [2.45, 2.75) is 0 Å². The molecule has 0 spiro atoms. The first kappa shape index (κ1) is 15.8. The summed E-state index contributed by atoms with van der Waals surface area (Å²) in [6, 6.07) is 0. The second-order valence-corrected chi connectivity index (χ2v) is 1.85. The van der Waals surface area contributed by atoms with Crippen LogP contribution in [0.1, 0.15) is 0 Å². The summed E-state index contributed by atoms with van der Waals surface area (Å²) in [5.41, 5.74) is 0. The molecule has 2 N–H and O–H groups in total. The third kappa shape index (κ3) is 94.2. The molecule has 1 radical (unpaired) electrons. The van der Waals surface area contributed by atoms with Gasteiger partial charge in [0, 0.05) is 46.9 Å². The molecule has 0 rings (SSSR count). The van der Waals surface area contributed by atoms with Crippen LogP contribution in [0.4, 0.5) is 0 Å². The Morgan fingerprint density at radius 2 is 1.14 bits per heavy atom. The third-order valence-electron chi connectivity index (χ3n) is 0. The summed E-state index contributed by atoms with van der Waals surface area (Å²) in [6.45, 7) is 0. The molecule has 7 heavy (non-hydrogen) atoms. The molecule has 7 heteroatoms. The summed E-state index contributed by atoms with van der Waals surface area (Å²) in [7, 11) is 0. The van der Waals surface area contributed by atoms with Crippen LogP contribution in [-0.4, -0.2) is 37.9 Å². The van der Waals surface area contributed by atoms with Crippen molar-refractivity contribution >= 4 is 29.6 Å². The Morgan fingerprint density at radius 1 is 1.14 bits per heavy atom. The molecule has 39 valence electrons. The van der Waals surface area contributed by atoms with Gasteiger partial charge in [-0.1, -0.05) is 0 Å². The van der Waals surface area contributed by atoms with E-state index in [0.717, 1.165) is 0 Å². The summed E-state index contributed by atoms with van der Waals surface area (Å²) >= 11 is -5.25. The maximum absolute atomic E-state index is 8.82. The van der Waals surface area contributed by atoms with Crippen LogP contribution in [-0.2, 0) is 38.6 Å². The molecule has 0 saturated heterocycles. The van der Waals surface area contributed by atoms with Gasteiger partial charge in [-0.25, -0.2) is 0 Å². The van der Waals surface area contributed by atoms with Gasteiger partial charge >= 0.3 is 29.5 Å². The van der Waals surface area contributed by atoms with E-state index in [1.54, 1.807) is 0 Å². The van der Waals surface area contributed by atoms with E-state index < -0.39 is 13.6 Å². The summed E-state index contributed by atoms with van der Waals surface area (Å²) in [4.78, 5) is 0. The summed E-state index contributed by atoms with van der Waals surface area (Å²) in [6.07, 6.45) is 0. The Kier molecular flexibility index (Phi) is 12.9. The predicted octanol–water partition coefficient (Wildman–Crippen LogP) is -1.74. The molecule has 0 heterocycles. The van der Waals surface area contributed by atoms with Crippen molar-refractivity contribution in [3.05, 3.63) is 0 Å². The van der Waals surface area contributed by atoms with E-state index in [1.165, 1.54) is 0 Å². The molecule has 0 aromatic rings. The molecule has 0 aromatic heterocycles. The average molecular weight is 193 g/mol. The molecule has 0 aliphatic carbocycles. The molecule has 0 bridgehead atoms. The topological polar surface area (TPSA) is 74.6 Å². The first-order chi connectivity index (χ1) is 2.00. The zero-order chi connectivity index (χ0) is 4.50. The second-order valence-electron chi connectivity index (χ2n) is 0.448. The third-order valence-corrected chi connectivity index (χ3v) is 0. The molecule has 0 aliphatic rings. The second kappa shape index (κ2) is 5.72. The first-order valence-corrected chi connectivity index (χ1v) is 2.88. The van der Waals surface area contributed by atoms with Crippen molar-refractivity contribution in [3.8, 4) is 0 Å². The molecule has 0 fully saturated rings. The molecule has 0 saturated carbocycles. The fourth-order valence-electron chi connectivity index (χ4n) is 0.